The van der Waals surface area contributed by atoms with E-state index in [2.05, 4.69) is 0 Å². The zero-order valence-corrected chi connectivity index (χ0v) is 10.9. The second-order valence-corrected chi connectivity index (χ2v) is 5.45. The predicted octanol–water partition coefficient (Wildman–Crippen LogP) is 2.24. The summed E-state index contributed by atoms with van der Waals surface area (Å²) in [7, 11) is 0. The molecule has 0 saturated carbocycles. The Balaban J connectivity index is 2.26. The molecule has 1 amide bonds. The first kappa shape index (κ1) is 13.0. The highest BCUT2D eigenvalue weighted by atomic mass is 32.2. The fraction of sp³-hybridized carbons (Fsp3) is 0.385. The lowest BCUT2D eigenvalue weighted by Gasteiger charge is -2.19. The Bertz CT molecular complexity index is 475. The van der Waals surface area contributed by atoms with E-state index in [0.717, 1.165) is 16.3 Å². The van der Waals surface area contributed by atoms with Crippen molar-refractivity contribution in [1.82, 2.24) is 0 Å². The first-order valence-electron chi connectivity index (χ1n) is 5.88. The Labute approximate surface area is 110 Å². The van der Waals surface area contributed by atoms with Gasteiger partial charge in [-0.3, -0.25) is 9.59 Å². The smallest absolute Gasteiger partial charge is 0.308 e. The molecule has 1 unspecified atom stereocenters. The SMILES string of the molecule is CCSc1ccccc1N1CC(C(=O)O)CC1=O. The van der Waals surface area contributed by atoms with E-state index < -0.39 is 11.9 Å². The number of hydrogen-bond donors (Lipinski definition) is 1. The van der Waals surface area contributed by atoms with Crippen molar-refractivity contribution >= 4 is 29.3 Å². The molecule has 1 aromatic rings. The zero-order chi connectivity index (χ0) is 13.1. The average molecular weight is 265 g/mol. The van der Waals surface area contributed by atoms with Gasteiger partial charge in [0.05, 0.1) is 11.6 Å². The minimum absolute atomic E-state index is 0.0977. The third-order valence-electron chi connectivity index (χ3n) is 2.93. The summed E-state index contributed by atoms with van der Waals surface area (Å²) in [6.07, 6.45) is 0.0977. The van der Waals surface area contributed by atoms with Gasteiger partial charge in [0, 0.05) is 17.9 Å². The Morgan fingerprint density at radius 3 is 2.83 bits per heavy atom. The largest absolute Gasteiger partial charge is 0.481 e. The summed E-state index contributed by atoms with van der Waals surface area (Å²) >= 11 is 1.66. The average Bonchev–Trinajstić information content (AvgIpc) is 2.73. The maximum Gasteiger partial charge on any atom is 0.308 e. The summed E-state index contributed by atoms with van der Waals surface area (Å²) in [4.78, 5) is 25.5. The number of anilines is 1. The molecule has 4 nitrogen and oxygen atoms in total. The quantitative estimate of drug-likeness (QED) is 0.848. The van der Waals surface area contributed by atoms with E-state index in [0.29, 0.717) is 0 Å². The molecule has 1 N–H and O–H groups in total. The fourth-order valence-corrected chi connectivity index (χ4v) is 2.88. The second-order valence-electron chi connectivity index (χ2n) is 4.14. The van der Waals surface area contributed by atoms with Crippen LogP contribution in [-0.4, -0.2) is 29.3 Å². The molecule has 1 aliphatic rings. The van der Waals surface area contributed by atoms with Crippen molar-refractivity contribution in [3.63, 3.8) is 0 Å². The van der Waals surface area contributed by atoms with Crippen LogP contribution in [0.2, 0.25) is 0 Å². The Kier molecular flexibility index (Phi) is 3.91. The minimum Gasteiger partial charge on any atom is -0.481 e. The van der Waals surface area contributed by atoms with Gasteiger partial charge in [-0.1, -0.05) is 19.1 Å². The lowest BCUT2D eigenvalue weighted by atomic mass is 10.1. The molecule has 18 heavy (non-hydrogen) atoms. The molecule has 1 heterocycles. The molecule has 0 bridgehead atoms. The van der Waals surface area contributed by atoms with Gasteiger partial charge in [0.25, 0.3) is 0 Å². The van der Waals surface area contributed by atoms with E-state index in [1.165, 1.54) is 0 Å². The van der Waals surface area contributed by atoms with Gasteiger partial charge in [0.2, 0.25) is 5.91 Å². The van der Waals surface area contributed by atoms with Crippen LogP contribution in [0.1, 0.15) is 13.3 Å². The van der Waals surface area contributed by atoms with E-state index in [1.807, 2.05) is 31.2 Å². The van der Waals surface area contributed by atoms with Crippen LogP contribution in [0.5, 0.6) is 0 Å². The monoisotopic (exact) mass is 265 g/mol. The first-order valence-corrected chi connectivity index (χ1v) is 6.87. The number of hydrogen-bond acceptors (Lipinski definition) is 3. The standard InChI is InChI=1S/C13H15NO3S/c1-2-18-11-6-4-3-5-10(11)14-8-9(13(16)17)7-12(14)15/h3-6,9H,2,7-8H2,1H3,(H,16,17). The number of carboxylic acid groups (broad SMARTS) is 1. The van der Waals surface area contributed by atoms with Crippen molar-refractivity contribution in [1.29, 1.82) is 0 Å². The van der Waals surface area contributed by atoms with Crippen LogP contribution >= 0.6 is 11.8 Å². The molecule has 5 heteroatoms. The van der Waals surface area contributed by atoms with Crippen molar-refractivity contribution in [2.24, 2.45) is 5.92 Å². The van der Waals surface area contributed by atoms with Crippen molar-refractivity contribution in [3.05, 3.63) is 24.3 Å². The fourth-order valence-electron chi connectivity index (χ4n) is 2.06. The van der Waals surface area contributed by atoms with Crippen LogP contribution in [0, 0.1) is 5.92 Å². The van der Waals surface area contributed by atoms with Crippen molar-refractivity contribution in [2.75, 3.05) is 17.2 Å². The van der Waals surface area contributed by atoms with E-state index in [1.54, 1.807) is 16.7 Å². The van der Waals surface area contributed by atoms with Crippen LogP contribution in [0.25, 0.3) is 0 Å². The van der Waals surface area contributed by atoms with Gasteiger partial charge in [-0.2, -0.15) is 0 Å². The number of aliphatic carboxylic acids is 1. The van der Waals surface area contributed by atoms with Gasteiger partial charge in [0.15, 0.2) is 0 Å². The number of nitrogens with zero attached hydrogens (tertiary/aromatic N) is 1. The third-order valence-corrected chi connectivity index (χ3v) is 3.88. The van der Waals surface area contributed by atoms with Crippen LogP contribution in [-0.2, 0) is 9.59 Å². The molecule has 0 aromatic heterocycles. The number of rotatable bonds is 4. The van der Waals surface area contributed by atoms with E-state index >= 15 is 0 Å². The topological polar surface area (TPSA) is 57.6 Å². The Hall–Kier alpha value is -1.49. The van der Waals surface area contributed by atoms with Gasteiger partial charge in [0.1, 0.15) is 0 Å². The minimum atomic E-state index is -0.897. The molecule has 96 valence electrons. The molecule has 0 radical (unpaired) electrons. The van der Waals surface area contributed by atoms with Gasteiger partial charge in [-0.15, -0.1) is 11.8 Å². The second kappa shape index (κ2) is 5.44. The lowest BCUT2D eigenvalue weighted by Crippen LogP contribution is -2.26. The van der Waals surface area contributed by atoms with Crippen LogP contribution < -0.4 is 4.90 Å². The summed E-state index contributed by atoms with van der Waals surface area (Å²) in [6.45, 7) is 2.32. The number of thioether (sulfide) groups is 1. The highest BCUT2D eigenvalue weighted by molar-refractivity contribution is 7.99. The number of carbonyl (C=O) groups is 2. The molecule has 1 aliphatic heterocycles. The number of carbonyl (C=O) groups excluding carboxylic acids is 1. The highest BCUT2D eigenvalue weighted by Crippen LogP contribution is 2.33. The molecular weight excluding hydrogens is 250 g/mol. The van der Waals surface area contributed by atoms with Gasteiger partial charge < -0.3 is 10.0 Å². The molecule has 1 atom stereocenters. The molecule has 0 spiro atoms. The van der Waals surface area contributed by atoms with E-state index in [9.17, 15) is 9.59 Å². The maximum absolute atomic E-state index is 11.9. The Morgan fingerprint density at radius 1 is 1.50 bits per heavy atom. The van der Waals surface area contributed by atoms with Gasteiger partial charge in [-0.05, 0) is 17.9 Å². The normalized spacial score (nSPS) is 19.3. The molecule has 1 fully saturated rings. The van der Waals surface area contributed by atoms with Crippen molar-refractivity contribution in [2.45, 2.75) is 18.2 Å². The number of benzene rings is 1. The number of carboxylic acids is 1. The van der Waals surface area contributed by atoms with E-state index in [4.69, 9.17) is 5.11 Å². The first-order chi connectivity index (χ1) is 8.63. The lowest BCUT2D eigenvalue weighted by molar-refractivity contribution is -0.141. The number of para-hydroxylation sites is 1. The van der Waals surface area contributed by atoms with Crippen LogP contribution in [0.4, 0.5) is 5.69 Å². The zero-order valence-electron chi connectivity index (χ0n) is 10.1. The third kappa shape index (κ3) is 2.51. The summed E-state index contributed by atoms with van der Waals surface area (Å²) in [5, 5.41) is 8.98. The van der Waals surface area contributed by atoms with Crippen molar-refractivity contribution in [3.8, 4) is 0 Å². The molecule has 0 aliphatic carbocycles. The van der Waals surface area contributed by atoms with Gasteiger partial charge >= 0.3 is 5.97 Å². The summed E-state index contributed by atoms with van der Waals surface area (Å²) in [5.41, 5.74) is 0.832. The summed E-state index contributed by atoms with van der Waals surface area (Å²) < 4.78 is 0. The molecular formula is C13H15NO3S. The number of amides is 1. The predicted molar refractivity (Wildman–Crippen MR) is 70.9 cm³/mol. The molecule has 1 saturated heterocycles. The summed E-state index contributed by atoms with van der Waals surface area (Å²) in [6, 6.07) is 7.64. The molecule has 1 aromatic carbocycles. The highest BCUT2D eigenvalue weighted by Gasteiger charge is 2.35. The molecule has 2 rings (SSSR count). The van der Waals surface area contributed by atoms with Crippen LogP contribution in [0.3, 0.4) is 0 Å². The van der Waals surface area contributed by atoms with E-state index in [-0.39, 0.29) is 18.9 Å². The van der Waals surface area contributed by atoms with Crippen molar-refractivity contribution < 1.29 is 14.7 Å². The Morgan fingerprint density at radius 2 is 2.22 bits per heavy atom. The summed E-state index contributed by atoms with van der Waals surface area (Å²) in [5.74, 6) is -0.670. The maximum atomic E-state index is 11.9. The van der Waals surface area contributed by atoms with Gasteiger partial charge in [-0.25, -0.2) is 0 Å². The van der Waals surface area contributed by atoms with Crippen LogP contribution in [0.15, 0.2) is 29.2 Å².